The van der Waals surface area contributed by atoms with Gasteiger partial charge in [-0.15, -0.1) is 0 Å². The van der Waals surface area contributed by atoms with Crippen LogP contribution in [-0.4, -0.2) is 59.8 Å². The zero-order valence-electron chi connectivity index (χ0n) is 62.3. The highest BCUT2D eigenvalue weighted by Crippen LogP contribution is 2.41. The zero-order chi connectivity index (χ0) is 84.7. The van der Waals surface area contributed by atoms with Crippen molar-refractivity contribution in [3.05, 3.63) is 333 Å². The summed E-state index contributed by atoms with van der Waals surface area (Å²) in [5, 5.41) is 1.59. The molecule has 1 aliphatic rings. The van der Waals surface area contributed by atoms with Crippen molar-refractivity contribution in [3.63, 3.8) is 0 Å². The van der Waals surface area contributed by atoms with Crippen LogP contribution in [0.4, 0.5) is 52.7 Å². The number of rotatable bonds is 8. The number of aryl methyl sites for hydroxylation is 4. The van der Waals surface area contributed by atoms with Crippen molar-refractivity contribution in [3.8, 4) is 79.6 Å². The maximum Gasteiger partial charge on any atom is 0.417 e. The quantitative estimate of drug-likeness (QED) is 0.0775. The normalized spacial score (nSPS) is 12.2. The lowest BCUT2D eigenvalue weighted by Crippen LogP contribution is -2.16. The molecular formula is C83H69Cl3F12N12O6. The standard InChI is InChI=1S/C17H17F3N2O.C17H11F3N2O.C13H11F3N2O.C12H10Cl2N2O.C12H11ClN2O.C12H9F3N2O/c2*18-17(19,20)13-9-5-4-8-12(13)16-21-14(10-15(23)22-16)11-6-2-1-3-7-11;1-7-8(2)17-11(18-12(7)19)9-5-3-4-6-10(9)13(14,15)16;1-6-7(2)15-11(16-12(6)17)9-4-3-8(13)5-10(9)14;1-7-8(2)14-11(15-12(7)16)9-5-3-4-6-10(9)13;1-7-6-10(18)17-11(16-7)8-4-2-3-5-9(8)12(13,14)15/h4-5,8-11H,1-3,6-7H2,(H,21,22,23);1-10H,(H,21,22,23);3-6H,1-2H3,(H,17,18,19);3-5H,1-2H3,(H,15,16,17);3-6H,1-2H3,(H,14,15,16);2-6H,1H3,(H,16,17,18). The predicted octanol–water partition coefficient (Wildman–Crippen LogP) is 20.5. The summed E-state index contributed by atoms with van der Waals surface area (Å²) in [6, 6.07) is 45.3. The zero-order valence-corrected chi connectivity index (χ0v) is 64.6. The summed E-state index contributed by atoms with van der Waals surface area (Å²) >= 11 is 17.9. The van der Waals surface area contributed by atoms with Crippen LogP contribution in [0, 0.1) is 48.5 Å². The van der Waals surface area contributed by atoms with Crippen molar-refractivity contribution in [2.24, 2.45) is 0 Å². The first-order valence-electron chi connectivity index (χ1n) is 35.1. The lowest BCUT2D eigenvalue weighted by molar-refractivity contribution is -0.137. The van der Waals surface area contributed by atoms with E-state index in [1.54, 1.807) is 96.1 Å². The second-order valence-electron chi connectivity index (χ2n) is 26.1. The van der Waals surface area contributed by atoms with Crippen LogP contribution in [0.5, 0.6) is 0 Å². The van der Waals surface area contributed by atoms with Gasteiger partial charge in [-0.3, -0.25) is 28.8 Å². The van der Waals surface area contributed by atoms with E-state index in [0.717, 1.165) is 67.6 Å². The Hall–Kier alpha value is -12.2. The summed E-state index contributed by atoms with van der Waals surface area (Å²) < 4.78 is 156. The molecule has 0 aliphatic heterocycles. The fourth-order valence-electron chi connectivity index (χ4n) is 11.7. The van der Waals surface area contributed by atoms with E-state index < -0.39 is 69.2 Å². The van der Waals surface area contributed by atoms with Crippen LogP contribution >= 0.6 is 34.8 Å². The molecule has 0 spiro atoms. The Kier molecular flexibility index (Phi) is 28.7. The molecule has 116 heavy (non-hydrogen) atoms. The molecule has 6 N–H and O–H groups in total. The summed E-state index contributed by atoms with van der Waals surface area (Å²) in [5.74, 6) is 0.866. The highest BCUT2D eigenvalue weighted by Gasteiger charge is 2.37. The van der Waals surface area contributed by atoms with Gasteiger partial charge in [0.25, 0.3) is 33.4 Å². The molecule has 0 saturated heterocycles. The van der Waals surface area contributed by atoms with E-state index in [1.165, 1.54) is 91.0 Å². The van der Waals surface area contributed by atoms with E-state index in [-0.39, 0.29) is 62.6 Å². The maximum absolute atomic E-state index is 13.2. The third-order valence-electron chi connectivity index (χ3n) is 17.9. The van der Waals surface area contributed by atoms with Crippen LogP contribution in [0.1, 0.15) is 105 Å². The Morgan fingerprint density at radius 1 is 0.319 bits per heavy atom. The van der Waals surface area contributed by atoms with Crippen LogP contribution in [0.25, 0.3) is 79.6 Å². The Labute approximate surface area is 667 Å². The van der Waals surface area contributed by atoms with Crippen molar-refractivity contribution in [1.82, 2.24) is 59.8 Å². The van der Waals surface area contributed by atoms with Gasteiger partial charge in [0.15, 0.2) is 0 Å². The van der Waals surface area contributed by atoms with E-state index in [4.69, 9.17) is 34.8 Å². The average molecular weight is 1660 g/mol. The number of halogens is 15. The molecule has 6 heterocycles. The van der Waals surface area contributed by atoms with Crippen molar-refractivity contribution < 1.29 is 52.7 Å². The smallest absolute Gasteiger partial charge is 0.307 e. The molecule has 18 nitrogen and oxygen atoms in total. The van der Waals surface area contributed by atoms with Gasteiger partial charge in [0.1, 0.15) is 34.9 Å². The van der Waals surface area contributed by atoms with Crippen LogP contribution in [0.3, 0.4) is 0 Å². The summed E-state index contributed by atoms with van der Waals surface area (Å²) in [6.07, 6.45) is -12.9. The number of aromatic amines is 6. The molecule has 0 bridgehead atoms. The minimum atomic E-state index is -4.53. The molecule has 1 saturated carbocycles. The molecule has 0 atom stereocenters. The summed E-state index contributed by atoms with van der Waals surface area (Å²) in [7, 11) is 0. The third kappa shape index (κ3) is 23.1. The van der Waals surface area contributed by atoms with Gasteiger partial charge >= 0.3 is 24.7 Å². The molecular weight excluding hydrogens is 1600 g/mol. The largest absolute Gasteiger partial charge is 0.417 e. The number of alkyl halides is 12. The Morgan fingerprint density at radius 3 is 1.03 bits per heavy atom. The van der Waals surface area contributed by atoms with Crippen LogP contribution in [-0.2, 0) is 24.7 Å². The van der Waals surface area contributed by atoms with Gasteiger partial charge in [0.2, 0.25) is 0 Å². The van der Waals surface area contributed by atoms with Crippen LogP contribution in [0.2, 0.25) is 15.1 Å². The lowest BCUT2D eigenvalue weighted by atomic mass is 9.87. The first kappa shape index (κ1) is 87.8. The first-order valence-corrected chi connectivity index (χ1v) is 36.2. The second kappa shape index (κ2) is 37.9. The Morgan fingerprint density at radius 2 is 0.647 bits per heavy atom. The highest BCUT2D eigenvalue weighted by molar-refractivity contribution is 6.36. The maximum atomic E-state index is 13.2. The molecule has 1 aliphatic carbocycles. The lowest BCUT2D eigenvalue weighted by Gasteiger charge is -2.21. The molecule has 33 heteroatoms. The average Bonchev–Trinajstić information content (AvgIpc) is 0.808. The molecule has 1 fully saturated rings. The minimum absolute atomic E-state index is 0.00833. The summed E-state index contributed by atoms with van der Waals surface area (Å²) in [5.41, 5.74) is 0.931. The van der Waals surface area contributed by atoms with Gasteiger partial charge in [-0.25, -0.2) is 29.9 Å². The van der Waals surface area contributed by atoms with Gasteiger partial charge < -0.3 is 29.9 Å². The molecule has 602 valence electrons. The molecule has 0 unspecified atom stereocenters. The molecule has 13 aromatic rings. The van der Waals surface area contributed by atoms with Crippen molar-refractivity contribution in [2.45, 2.75) is 111 Å². The van der Waals surface area contributed by atoms with Crippen molar-refractivity contribution >= 4 is 34.8 Å². The minimum Gasteiger partial charge on any atom is -0.307 e. The van der Waals surface area contributed by atoms with Gasteiger partial charge in [0, 0.05) is 108 Å². The predicted molar refractivity (Wildman–Crippen MR) is 421 cm³/mol. The van der Waals surface area contributed by atoms with E-state index in [2.05, 4.69) is 59.8 Å². The first-order chi connectivity index (χ1) is 54.7. The highest BCUT2D eigenvalue weighted by atomic mass is 35.5. The van der Waals surface area contributed by atoms with Gasteiger partial charge in [0.05, 0.1) is 43.7 Å². The van der Waals surface area contributed by atoms with Gasteiger partial charge in [-0.1, -0.05) is 169 Å². The second-order valence-corrected chi connectivity index (χ2v) is 27.3. The van der Waals surface area contributed by atoms with Gasteiger partial charge in [-0.2, -0.15) is 52.7 Å². The van der Waals surface area contributed by atoms with Crippen LogP contribution < -0.4 is 33.4 Å². The van der Waals surface area contributed by atoms with Crippen LogP contribution in [0.15, 0.2) is 217 Å². The number of nitrogens with zero attached hydrogens (tertiary/aromatic N) is 6. The van der Waals surface area contributed by atoms with Gasteiger partial charge in [-0.05, 0) is 116 Å². The fourth-order valence-corrected chi connectivity index (χ4v) is 12.4. The summed E-state index contributed by atoms with van der Waals surface area (Å²) in [4.78, 5) is 110. The monoisotopic (exact) mass is 1660 g/mol. The number of nitrogens with one attached hydrogen (secondary N) is 6. The molecule has 6 aromatic heterocycles. The third-order valence-corrected chi connectivity index (χ3v) is 18.8. The van der Waals surface area contributed by atoms with E-state index >= 15 is 0 Å². The number of H-pyrrole nitrogens is 6. The van der Waals surface area contributed by atoms with Crippen molar-refractivity contribution in [2.75, 3.05) is 0 Å². The topological polar surface area (TPSA) is 274 Å². The SMILES string of the molecule is Cc1cc(=O)[nH]c(-c2ccccc2C(F)(F)F)n1.Cc1nc(-c2ccc(Cl)cc2Cl)[nH]c(=O)c1C.Cc1nc(-c2ccccc2C(F)(F)F)[nH]c(=O)c1C.Cc1nc(-c2ccccc2Cl)[nH]c(=O)c1C.O=c1cc(-c2ccccc2)nc(-c2ccccc2C(F)(F)F)[nH]1.O=c1cc(C2CCCCC2)nc(-c2ccccc2C(F)(F)F)[nH]1. The Bertz CT molecular complexity index is 6060. The number of hydrogen-bond acceptors (Lipinski definition) is 12. The Balaban J connectivity index is 0.000000160. The molecule has 0 amide bonds. The molecule has 14 rings (SSSR count). The van der Waals surface area contributed by atoms with Crippen molar-refractivity contribution in [1.29, 1.82) is 0 Å². The summed E-state index contributed by atoms with van der Waals surface area (Å²) in [6.45, 7) is 11.8. The number of hydrogen-bond donors (Lipinski definition) is 6. The van der Waals surface area contributed by atoms with E-state index in [9.17, 15) is 81.5 Å². The number of benzene rings is 7. The number of aromatic nitrogens is 12. The fraction of sp³-hybridized carbons (Fsp3) is 0.205. The van der Waals surface area contributed by atoms with E-state index in [1.807, 2.05) is 25.1 Å². The van der Waals surface area contributed by atoms with E-state index in [0.29, 0.717) is 83.0 Å². The molecule has 7 aromatic carbocycles. The molecule has 0 radical (unpaired) electrons.